The van der Waals surface area contributed by atoms with Gasteiger partial charge in [-0.05, 0) is 34.2 Å². The molecule has 0 radical (unpaired) electrons. The summed E-state index contributed by atoms with van der Waals surface area (Å²) in [5.41, 5.74) is 2.19. The maximum atomic E-state index is 13.7. The minimum absolute atomic E-state index is 0.189. The highest BCUT2D eigenvalue weighted by molar-refractivity contribution is 5.91. The largest absolute Gasteiger partial charge is 0.309 e. The van der Waals surface area contributed by atoms with Gasteiger partial charge in [0.2, 0.25) is 5.91 Å². The molecule has 1 amide bonds. The molecular formula is C19H16FN7O. The molecule has 4 rings (SSSR count). The zero-order valence-electron chi connectivity index (χ0n) is 14.7. The summed E-state index contributed by atoms with van der Waals surface area (Å²) < 4.78 is 16.8. The molecule has 0 atom stereocenters. The zero-order chi connectivity index (χ0) is 19.3. The van der Waals surface area contributed by atoms with Crippen LogP contribution in [0.4, 0.5) is 10.2 Å². The average Bonchev–Trinajstić information content (AvgIpc) is 3.37. The van der Waals surface area contributed by atoms with Gasteiger partial charge in [0, 0.05) is 17.8 Å². The number of hydrogen-bond donors (Lipinski definition) is 1. The van der Waals surface area contributed by atoms with Crippen LogP contribution in [0, 0.1) is 5.82 Å². The predicted molar refractivity (Wildman–Crippen MR) is 99.2 cm³/mol. The highest BCUT2D eigenvalue weighted by atomic mass is 19.1. The van der Waals surface area contributed by atoms with E-state index in [2.05, 4.69) is 25.9 Å². The number of carbonyl (C=O) groups is 1. The Kier molecular flexibility index (Phi) is 4.87. The molecule has 0 saturated carbocycles. The third kappa shape index (κ3) is 4.09. The normalized spacial score (nSPS) is 10.8. The third-order valence-electron chi connectivity index (χ3n) is 4.11. The van der Waals surface area contributed by atoms with Gasteiger partial charge in [-0.2, -0.15) is 5.10 Å². The minimum atomic E-state index is -0.284. The monoisotopic (exact) mass is 377 g/mol. The molecule has 0 bridgehead atoms. The number of anilines is 1. The van der Waals surface area contributed by atoms with Gasteiger partial charge in [0.15, 0.2) is 5.82 Å². The fraction of sp³-hybridized carbons (Fsp3) is 0.105. The van der Waals surface area contributed by atoms with Gasteiger partial charge in [-0.1, -0.05) is 30.3 Å². The van der Waals surface area contributed by atoms with Crippen LogP contribution in [0.15, 0.2) is 67.1 Å². The van der Waals surface area contributed by atoms with Crippen molar-refractivity contribution < 1.29 is 9.18 Å². The van der Waals surface area contributed by atoms with E-state index in [1.807, 2.05) is 24.3 Å². The number of carbonyl (C=O) groups excluding carboxylic acids is 1. The lowest BCUT2D eigenvalue weighted by Crippen LogP contribution is -2.15. The van der Waals surface area contributed by atoms with Gasteiger partial charge in [0.05, 0.1) is 18.7 Å². The quantitative estimate of drug-likeness (QED) is 0.556. The molecule has 140 valence electrons. The van der Waals surface area contributed by atoms with Crippen molar-refractivity contribution in [2.75, 3.05) is 5.32 Å². The summed E-state index contributed by atoms with van der Waals surface area (Å²) in [6.07, 6.45) is 3.40. The number of rotatable bonds is 6. The van der Waals surface area contributed by atoms with Gasteiger partial charge in [-0.15, -0.1) is 5.10 Å². The fourth-order valence-electron chi connectivity index (χ4n) is 2.74. The van der Waals surface area contributed by atoms with E-state index in [1.165, 1.54) is 17.1 Å². The molecule has 0 spiro atoms. The Morgan fingerprint density at radius 1 is 1.07 bits per heavy atom. The van der Waals surface area contributed by atoms with Crippen LogP contribution in [0.25, 0.3) is 5.69 Å². The molecule has 0 aliphatic carbocycles. The lowest BCUT2D eigenvalue weighted by Gasteiger charge is -2.05. The van der Waals surface area contributed by atoms with Gasteiger partial charge < -0.3 is 5.32 Å². The maximum absolute atomic E-state index is 13.7. The fourth-order valence-corrected chi connectivity index (χ4v) is 2.74. The molecule has 0 saturated heterocycles. The summed E-state index contributed by atoms with van der Waals surface area (Å²) in [6, 6.07) is 15.6. The molecule has 2 aromatic heterocycles. The predicted octanol–water partition coefficient (Wildman–Crippen LogP) is 2.23. The van der Waals surface area contributed by atoms with Crippen molar-refractivity contribution in [3.05, 3.63) is 84.1 Å². The van der Waals surface area contributed by atoms with E-state index in [0.717, 1.165) is 11.3 Å². The molecular weight excluding hydrogens is 361 g/mol. The maximum Gasteiger partial charge on any atom is 0.229 e. The van der Waals surface area contributed by atoms with E-state index in [9.17, 15) is 9.18 Å². The Labute approximate surface area is 159 Å². The number of halogens is 1. The van der Waals surface area contributed by atoms with Gasteiger partial charge in [-0.3, -0.25) is 9.48 Å². The lowest BCUT2D eigenvalue weighted by atomic mass is 10.1. The molecule has 28 heavy (non-hydrogen) atoms. The number of hydrogen-bond acceptors (Lipinski definition) is 5. The Hall–Kier alpha value is -3.88. The smallest absolute Gasteiger partial charge is 0.229 e. The summed E-state index contributed by atoms with van der Waals surface area (Å²) in [4.78, 5) is 12.3. The molecule has 0 aliphatic rings. The Morgan fingerprint density at radius 2 is 1.89 bits per heavy atom. The first-order valence-electron chi connectivity index (χ1n) is 8.56. The summed E-state index contributed by atoms with van der Waals surface area (Å²) in [7, 11) is 0. The van der Waals surface area contributed by atoms with E-state index in [0.29, 0.717) is 17.9 Å². The number of nitrogens with one attached hydrogen (secondary N) is 1. The number of aromatic nitrogens is 6. The number of amides is 1. The molecule has 8 nitrogen and oxygen atoms in total. The lowest BCUT2D eigenvalue weighted by molar-refractivity contribution is -0.115. The van der Waals surface area contributed by atoms with Crippen molar-refractivity contribution in [2.24, 2.45) is 0 Å². The van der Waals surface area contributed by atoms with Gasteiger partial charge in [-0.25, -0.2) is 9.07 Å². The van der Waals surface area contributed by atoms with Crippen LogP contribution in [0.2, 0.25) is 0 Å². The molecule has 2 heterocycles. The third-order valence-corrected chi connectivity index (χ3v) is 4.11. The average molecular weight is 377 g/mol. The Morgan fingerprint density at radius 3 is 2.64 bits per heavy atom. The standard InChI is InChI=1S/C19H16FN7O/c20-17-4-2-1-3-15(17)12-26-10-9-18(23-26)22-19(28)11-14-5-7-16(8-6-14)27-13-21-24-25-27/h1-10,13H,11-12H2,(H,22,23,28). The van der Waals surface area contributed by atoms with Crippen molar-refractivity contribution in [1.82, 2.24) is 30.0 Å². The first-order chi connectivity index (χ1) is 13.7. The van der Waals surface area contributed by atoms with Crippen molar-refractivity contribution in [3.63, 3.8) is 0 Å². The SMILES string of the molecule is O=C(Cc1ccc(-n2cnnn2)cc1)Nc1ccn(Cc2ccccc2F)n1. The highest BCUT2D eigenvalue weighted by Gasteiger charge is 2.08. The molecule has 0 unspecified atom stereocenters. The van der Waals surface area contributed by atoms with Gasteiger partial charge in [0.25, 0.3) is 0 Å². The van der Waals surface area contributed by atoms with Crippen LogP contribution < -0.4 is 5.32 Å². The Balaban J connectivity index is 1.35. The first-order valence-corrected chi connectivity index (χ1v) is 8.56. The first kappa shape index (κ1) is 17.5. The molecule has 1 N–H and O–H groups in total. The molecule has 9 heteroatoms. The van der Waals surface area contributed by atoms with E-state index >= 15 is 0 Å². The molecule has 0 fully saturated rings. The van der Waals surface area contributed by atoms with Crippen LogP contribution in [0.3, 0.4) is 0 Å². The number of nitrogens with zero attached hydrogens (tertiary/aromatic N) is 6. The minimum Gasteiger partial charge on any atom is -0.309 e. The number of tetrazole rings is 1. The second kappa shape index (κ2) is 7.78. The second-order valence-electron chi connectivity index (χ2n) is 6.14. The van der Waals surface area contributed by atoms with Gasteiger partial charge in [0.1, 0.15) is 12.1 Å². The summed E-state index contributed by atoms with van der Waals surface area (Å²) >= 11 is 0. The van der Waals surface area contributed by atoms with Crippen LogP contribution in [-0.4, -0.2) is 35.9 Å². The van der Waals surface area contributed by atoms with E-state index in [4.69, 9.17) is 0 Å². The van der Waals surface area contributed by atoms with Crippen LogP contribution >= 0.6 is 0 Å². The zero-order valence-corrected chi connectivity index (χ0v) is 14.7. The number of benzene rings is 2. The molecule has 4 aromatic rings. The van der Waals surface area contributed by atoms with Crippen LogP contribution in [0.1, 0.15) is 11.1 Å². The summed E-state index contributed by atoms with van der Waals surface area (Å²) in [5.74, 6) is -0.0494. The second-order valence-corrected chi connectivity index (χ2v) is 6.14. The topological polar surface area (TPSA) is 90.5 Å². The van der Waals surface area contributed by atoms with Crippen molar-refractivity contribution in [1.29, 1.82) is 0 Å². The van der Waals surface area contributed by atoms with Gasteiger partial charge >= 0.3 is 0 Å². The molecule has 0 aliphatic heterocycles. The van der Waals surface area contributed by atoms with Crippen molar-refractivity contribution in [3.8, 4) is 5.69 Å². The van der Waals surface area contributed by atoms with E-state index < -0.39 is 0 Å². The van der Waals surface area contributed by atoms with Crippen LogP contribution in [0.5, 0.6) is 0 Å². The van der Waals surface area contributed by atoms with Crippen molar-refractivity contribution >= 4 is 11.7 Å². The summed E-state index contributed by atoms with van der Waals surface area (Å²) in [5, 5.41) is 18.0. The molecule has 2 aromatic carbocycles. The van der Waals surface area contributed by atoms with Crippen LogP contribution in [-0.2, 0) is 17.8 Å². The van der Waals surface area contributed by atoms with E-state index in [-0.39, 0.29) is 18.1 Å². The van der Waals surface area contributed by atoms with E-state index in [1.54, 1.807) is 35.1 Å². The van der Waals surface area contributed by atoms with Crippen molar-refractivity contribution in [2.45, 2.75) is 13.0 Å². The summed E-state index contributed by atoms with van der Waals surface area (Å²) in [6.45, 7) is 0.293. The highest BCUT2D eigenvalue weighted by Crippen LogP contribution is 2.12. The Bertz CT molecular complexity index is 1070.